The first kappa shape index (κ1) is 10.9. The zero-order valence-corrected chi connectivity index (χ0v) is 8.35. The molecule has 0 saturated carbocycles. The third-order valence-electron chi connectivity index (χ3n) is 1.60. The lowest BCUT2D eigenvalue weighted by Gasteiger charge is -2.03. The van der Waals surface area contributed by atoms with Crippen molar-refractivity contribution in [2.75, 3.05) is 32.2 Å². The summed E-state index contributed by atoms with van der Waals surface area (Å²) in [6, 6.07) is 0. The molecule has 0 saturated heterocycles. The van der Waals surface area contributed by atoms with Crippen molar-refractivity contribution in [2.45, 2.75) is 13.5 Å². The number of ether oxygens (including phenoxy) is 2. The Kier molecular flexibility index (Phi) is 4.95. The molecule has 0 radical (unpaired) electrons. The van der Waals surface area contributed by atoms with E-state index < -0.39 is 0 Å². The van der Waals surface area contributed by atoms with Crippen LogP contribution in [0.1, 0.15) is 6.92 Å². The SMILES string of the molecule is CCOCCOCCn1cnc(N)n1. The second-order valence-electron chi connectivity index (χ2n) is 2.68. The standard InChI is InChI=1S/C8H16N4O2/c1-2-13-5-6-14-4-3-12-7-10-8(9)11-12/h7H,2-6H2,1H3,(H2,9,11). The van der Waals surface area contributed by atoms with Crippen molar-refractivity contribution in [3.05, 3.63) is 6.33 Å². The molecule has 6 heteroatoms. The molecule has 1 rings (SSSR count). The van der Waals surface area contributed by atoms with Gasteiger partial charge in [0, 0.05) is 6.61 Å². The molecule has 0 aliphatic heterocycles. The van der Waals surface area contributed by atoms with E-state index in [1.54, 1.807) is 11.0 Å². The Labute approximate surface area is 83.0 Å². The highest BCUT2D eigenvalue weighted by atomic mass is 16.5. The zero-order valence-electron chi connectivity index (χ0n) is 8.35. The van der Waals surface area contributed by atoms with Gasteiger partial charge in [-0.15, -0.1) is 5.10 Å². The molecule has 0 spiro atoms. The zero-order chi connectivity index (χ0) is 10.2. The van der Waals surface area contributed by atoms with Gasteiger partial charge in [0.05, 0.1) is 26.4 Å². The van der Waals surface area contributed by atoms with Crippen LogP contribution in [-0.2, 0) is 16.0 Å². The maximum Gasteiger partial charge on any atom is 0.239 e. The largest absolute Gasteiger partial charge is 0.379 e. The minimum Gasteiger partial charge on any atom is -0.379 e. The minimum absolute atomic E-state index is 0.291. The molecule has 0 atom stereocenters. The predicted octanol–water partition coefficient (Wildman–Crippen LogP) is -0.0866. The molecular weight excluding hydrogens is 184 g/mol. The first-order valence-electron chi connectivity index (χ1n) is 4.63. The van der Waals surface area contributed by atoms with Crippen LogP contribution in [0.15, 0.2) is 6.33 Å². The fraction of sp³-hybridized carbons (Fsp3) is 0.750. The molecule has 0 bridgehead atoms. The normalized spacial score (nSPS) is 10.6. The fourth-order valence-electron chi connectivity index (χ4n) is 0.939. The lowest BCUT2D eigenvalue weighted by molar-refractivity contribution is 0.0488. The van der Waals surface area contributed by atoms with Crippen molar-refractivity contribution in [1.82, 2.24) is 14.8 Å². The van der Waals surface area contributed by atoms with Gasteiger partial charge in [-0.1, -0.05) is 0 Å². The summed E-state index contributed by atoms with van der Waals surface area (Å²) in [6.07, 6.45) is 1.58. The molecule has 14 heavy (non-hydrogen) atoms. The number of anilines is 1. The lowest BCUT2D eigenvalue weighted by Crippen LogP contribution is -2.10. The van der Waals surface area contributed by atoms with Gasteiger partial charge in [0.15, 0.2) is 0 Å². The van der Waals surface area contributed by atoms with E-state index in [2.05, 4.69) is 10.1 Å². The van der Waals surface area contributed by atoms with Gasteiger partial charge in [0.25, 0.3) is 0 Å². The van der Waals surface area contributed by atoms with Crippen LogP contribution < -0.4 is 5.73 Å². The number of hydrogen-bond acceptors (Lipinski definition) is 5. The number of rotatable bonds is 7. The molecule has 2 N–H and O–H groups in total. The average molecular weight is 200 g/mol. The number of nitrogens with two attached hydrogens (primary N) is 1. The van der Waals surface area contributed by atoms with Crippen LogP contribution in [-0.4, -0.2) is 41.2 Å². The molecule has 0 aliphatic rings. The topological polar surface area (TPSA) is 75.2 Å². The van der Waals surface area contributed by atoms with E-state index >= 15 is 0 Å². The van der Waals surface area contributed by atoms with Gasteiger partial charge in [-0.2, -0.15) is 0 Å². The third-order valence-corrected chi connectivity index (χ3v) is 1.60. The van der Waals surface area contributed by atoms with Gasteiger partial charge < -0.3 is 15.2 Å². The van der Waals surface area contributed by atoms with Crippen LogP contribution in [0.4, 0.5) is 5.95 Å². The van der Waals surface area contributed by atoms with Crippen molar-refractivity contribution in [3.8, 4) is 0 Å². The van der Waals surface area contributed by atoms with Crippen LogP contribution in [0.3, 0.4) is 0 Å². The van der Waals surface area contributed by atoms with Crippen LogP contribution in [0.5, 0.6) is 0 Å². The Balaban J connectivity index is 1.99. The number of nitrogens with zero attached hydrogens (tertiary/aromatic N) is 3. The number of aromatic nitrogens is 3. The summed E-state index contributed by atoms with van der Waals surface area (Å²) in [4.78, 5) is 3.79. The molecule has 0 amide bonds. The molecule has 80 valence electrons. The molecule has 0 unspecified atom stereocenters. The van der Waals surface area contributed by atoms with E-state index in [9.17, 15) is 0 Å². The van der Waals surface area contributed by atoms with Gasteiger partial charge in [0.1, 0.15) is 6.33 Å². The highest BCUT2D eigenvalue weighted by Gasteiger charge is 1.95. The Bertz CT molecular complexity index is 251. The van der Waals surface area contributed by atoms with Crippen molar-refractivity contribution < 1.29 is 9.47 Å². The van der Waals surface area contributed by atoms with Crippen molar-refractivity contribution >= 4 is 5.95 Å². The highest BCUT2D eigenvalue weighted by molar-refractivity contribution is 5.08. The van der Waals surface area contributed by atoms with Gasteiger partial charge >= 0.3 is 0 Å². The van der Waals surface area contributed by atoms with E-state index in [-0.39, 0.29) is 0 Å². The molecule has 6 nitrogen and oxygen atoms in total. The fourth-order valence-corrected chi connectivity index (χ4v) is 0.939. The molecule has 0 fully saturated rings. The lowest BCUT2D eigenvalue weighted by atomic mass is 10.7. The van der Waals surface area contributed by atoms with E-state index in [4.69, 9.17) is 15.2 Å². The molecular formula is C8H16N4O2. The van der Waals surface area contributed by atoms with E-state index in [0.29, 0.717) is 32.3 Å². The molecule has 1 heterocycles. The second-order valence-corrected chi connectivity index (χ2v) is 2.68. The summed E-state index contributed by atoms with van der Waals surface area (Å²) in [6.45, 7) is 5.18. The maximum absolute atomic E-state index is 5.34. The van der Waals surface area contributed by atoms with E-state index in [1.807, 2.05) is 6.92 Å². The van der Waals surface area contributed by atoms with Crippen molar-refractivity contribution in [2.24, 2.45) is 0 Å². The molecule has 1 aromatic rings. The van der Waals surface area contributed by atoms with E-state index in [0.717, 1.165) is 6.61 Å². The Morgan fingerprint density at radius 3 is 2.79 bits per heavy atom. The monoisotopic (exact) mass is 200 g/mol. The summed E-state index contributed by atoms with van der Waals surface area (Å²) >= 11 is 0. The number of hydrogen-bond donors (Lipinski definition) is 1. The Morgan fingerprint density at radius 1 is 1.36 bits per heavy atom. The highest BCUT2D eigenvalue weighted by Crippen LogP contribution is 1.89. The van der Waals surface area contributed by atoms with E-state index in [1.165, 1.54) is 0 Å². The first-order valence-corrected chi connectivity index (χ1v) is 4.63. The Hall–Kier alpha value is -1.14. The summed E-state index contributed by atoms with van der Waals surface area (Å²) in [7, 11) is 0. The summed E-state index contributed by atoms with van der Waals surface area (Å²) < 4.78 is 12.1. The smallest absolute Gasteiger partial charge is 0.239 e. The van der Waals surface area contributed by atoms with Gasteiger partial charge in [-0.05, 0) is 6.92 Å². The minimum atomic E-state index is 0.291. The number of nitrogen functional groups attached to an aromatic ring is 1. The van der Waals surface area contributed by atoms with Crippen LogP contribution in [0.25, 0.3) is 0 Å². The molecule has 0 aromatic carbocycles. The van der Waals surface area contributed by atoms with Gasteiger partial charge in [-0.25, -0.2) is 9.67 Å². The van der Waals surface area contributed by atoms with Crippen molar-refractivity contribution in [3.63, 3.8) is 0 Å². The third kappa shape index (κ3) is 4.20. The summed E-state index contributed by atoms with van der Waals surface area (Å²) in [5.41, 5.74) is 5.34. The molecule has 0 aliphatic carbocycles. The van der Waals surface area contributed by atoms with Crippen molar-refractivity contribution in [1.29, 1.82) is 0 Å². The summed E-state index contributed by atoms with van der Waals surface area (Å²) in [5.74, 6) is 0.291. The summed E-state index contributed by atoms with van der Waals surface area (Å²) in [5, 5.41) is 3.92. The Morgan fingerprint density at radius 2 is 2.14 bits per heavy atom. The predicted molar refractivity (Wildman–Crippen MR) is 51.7 cm³/mol. The first-order chi connectivity index (χ1) is 6.83. The van der Waals surface area contributed by atoms with Gasteiger partial charge in [-0.3, -0.25) is 0 Å². The second kappa shape index (κ2) is 6.33. The maximum atomic E-state index is 5.34. The van der Waals surface area contributed by atoms with Gasteiger partial charge in [0.2, 0.25) is 5.95 Å². The quantitative estimate of drug-likeness (QED) is 0.623. The van der Waals surface area contributed by atoms with Crippen LogP contribution in [0.2, 0.25) is 0 Å². The van der Waals surface area contributed by atoms with Crippen LogP contribution >= 0.6 is 0 Å². The molecule has 1 aromatic heterocycles. The van der Waals surface area contributed by atoms with Crippen LogP contribution in [0, 0.1) is 0 Å². The average Bonchev–Trinajstić information content (AvgIpc) is 2.58.